The maximum Gasteiger partial charge on any atom is 0.326 e. The molecule has 1 heterocycles. The molecule has 4 N–H and O–H groups in total. The molecule has 2 rings (SSSR count). The molecule has 1 aromatic carbocycles. The van der Waals surface area contributed by atoms with Gasteiger partial charge in [0.25, 0.3) is 0 Å². The van der Waals surface area contributed by atoms with Crippen LogP contribution in [0.5, 0.6) is 0 Å². The van der Waals surface area contributed by atoms with Crippen molar-refractivity contribution in [3.05, 3.63) is 24.3 Å². The fraction of sp³-hybridized carbons (Fsp3) is 0.333. The number of likely N-dealkylation sites (tertiary alicyclic amines) is 1. The van der Waals surface area contributed by atoms with E-state index in [1.165, 1.54) is 29.2 Å². The summed E-state index contributed by atoms with van der Waals surface area (Å²) in [6.45, 7) is 0.373. The van der Waals surface area contributed by atoms with Crippen LogP contribution >= 0.6 is 0 Å². The van der Waals surface area contributed by atoms with Gasteiger partial charge in [-0.25, -0.2) is 23.1 Å². The van der Waals surface area contributed by atoms with E-state index < -0.39 is 28.1 Å². The lowest BCUT2D eigenvalue weighted by atomic mass is 10.2. The van der Waals surface area contributed by atoms with Crippen LogP contribution in [0.25, 0.3) is 0 Å². The third-order valence-electron chi connectivity index (χ3n) is 3.23. The third-order valence-corrected chi connectivity index (χ3v) is 4.16. The number of hydrogen-bond acceptors (Lipinski definition) is 4. The van der Waals surface area contributed by atoms with Gasteiger partial charge in [-0.3, -0.25) is 0 Å². The number of sulfonamides is 1. The van der Waals surface area contributed by atoms with Crippen LogP contribution in [0.3, 0.4) is 0 Å². The molecule has 1 atom stereocenters. The normalized spacial score (nSPS) is 18.5. The van der Waals surface area contributed by atoms with Gasteiger partial charge in [0.2, 0.25) is 10.0 Å². The molecule has 21 heavy (non-hydrogen) atoms. The van der Waals surface area contributed by atoms with Crippen LogP contribution in [0.2, 0.25) is 0 Å². The molecule has 0 aliphatic carbocycles. The topological polar surface area (TPSA) is 130 Å². The van der Waals surface area contributed by atoms with Crippen LogP contribution in [-0.2, 0) is 14.8 Å². The van der Waals surface area contributed by atoms with E-state index in [1.54, 1.807) is 0 Å². The van der Waals surface area contributed by atoms with Crippen molar-refractivity contribution in [2.45, 2.75) is 23.8 Å². The molecule has 1 fully saturated rings. The van der Waals surface area contributed by atoms with Gasteiger partial charge in [0, 0.05) is 12.2 Å². The average molecular weight is 313 g/mol. The molecule has 1 unspecified atom stereocenters. The Hall–Kier alpha value is -2.13. The summed E-state index contributed by atoms with van der Waals surface area (Å²) in [6, 6.07) is 3.97. The van der Waals surface area contributed by atoms with E-state index >= 15 is 0 Å². The van der Waals surface area contributed by atoms with Gasteiger partial charge in [0.15, 0.2) is 0 Å². The minimum Gasteiger partial charge on any atom is -0.480 e. The van der Waals surface area contributed by atoms with Gasteiger partial charge >= 0.3 is 12.0 Å². The van der Waals surface area contributed by atoms with Crippen molar-refractivity contribution in [3.63, 3.8) is 0 Å². The highest BCUT2D eigenvalue weighted by atomic mass is 32.2. The molecule has 1 aromatic rings. The highest BCUT2D eigenvalue weighted by Gasteiger charge is 2.33. The predicted octanol–water partition coefficient (Wildman–Crippen LogP) is 0.415. The number of carbonyl (C=O) groups excluding carboxylic acids is 1. The number of carbonyl (C=O) groups is 2. The Morgan fingerprint density at radius 1 is 1.29 bits per heavy atom. The van der Waals surface area contributed by atoms with Crippen LogP contribution in [-0.4, -0.2) is 43.0 Å². The zero-order chi connectivity index (χ0) is 15.6. The molecule has 1 aliphatic heterocycles. The quantitative estimate of drug-likeness (QED) is 0.744. The number of benzene rings is 1. The van der Waals surface area contributed by atoms with Crippen molar-refractivity contribution in [3.8, 4) is 0 Å². The maximum atomic E-state index is 12.0. The number of aliphatic carboxylic acids is 1. The van der Waals surface area contributed by atoms with Crippen molar-refractivity contribution in [2.24, 2.45) is 5.14 Å². The van der Waals surface area contributed by atoms with E-state index in [9.17, 15) is 18.0 Å². The number of anilines is 1. The summed E-state index contributed by atoms with van der Waals surface area (Å²) in [5, 5.41) is 16.5. The van der Waals surface area contributed by atoms with Gasteiger partial charge in [0.1, 0.15) is 6.04 Å². The number of nitrogens with one attached hydrogen (secondary N) is 1. The largest absolute Gasteiger partial charge is 0.480 e. The monoisotopic (exact) mass is 313 g/mol. The standard InChI is InChI=1S/C12H15N3O5S/c13-21(19,20)9-5-3-8(4-6-9)14-12(18)15-7-1-2-10(15)11(16)17/h3-6,10H,1-2,7H2,(H,14,18)(H,16,17)(H2,13,19,20). The fourth-order valence-electron chi connectivity index (χ4n) is 2.19. The number of nitrogens with two attached hydrogens (primary N) is 1. The Morgan fingerprint density at radius 3 is 2.43 bits per heavy atom. The second kappa shape index (κ2) is 5.70. The lowest BCUT2D eigenvalue weighted by molar-refractivity contribution is -0.141. The van der Waals surface area contributed by atoms with E-state index in [1.807, 2.05) is 0 Å². The lowest BCUT2D eigenvalue weighted by Crippen LogP contribution is -2.42. The molecule has 0 aromatic heterocycles. The smallest absolute Gasteiger partial charge is 0.326 e. The van der Waals surface area contributed by atoms with Gasteiger partial charge < -0.3 is 15.3 Å². The molecule has 1 aliphatic rings. The molecule has 0 saturated carbocycles. The fourth-order valence-corrected chi connectivity index (χ4v) is 2.71. The van der Waals surface area contributed by atoms with Gasteiger partial charge in [-0.2, -0.15) is 0 Å². The SMILES string of the molecule is NS(=O)(=O)c1ccc(NC(=O)N2CCCC2C(=O)O)cc1. The summed E-state index contributed by atoms with van der Waals surface area (Å²) >= 11 is 0. The lowest BCUT2D eigenvalue weighted by Gasteiger charge is -2.21. The Labute approximate surface area is 121 Å². The van der Waals surface area contributed by atoms with Crippen LogP contribution in [0.4, 0.5) is 10.5 Å². The van der Waals surface area contributed by atoms with Crippen LogP contribution in [0.15, 0.2) is 29.2 Å². The number of urea groups is 1. The first-order valence-corrected chi connectivity index (χ1v) is 7.77. The molecule has 114 valence electrons. The molecule has 0 bridgehead atoms. The minimum absolute atomic E-state index is 0.0647. The Kier molecular flexibility index (Phi) is 4.14. The van der Waals surface area contributed by atoms with Crippen molar-refractivity contribution in [2.75, 3.05) is 11.9 Å². The number of carboxylic acid groups (broad SMARTS) is 1. The average Bonchev–Trinajstić information content (AvgIpc) is 2.87. The zero-order valence-electron chi connectivity index (χ0n) is 11.0. The number of rotatable bonds is 3. The molecular weight excluding hydrogens is 298 g/mol. The molecule has 2 amide bonds. The highest BCUT2D eigenvalue weighted by Crippen LogP contribution is 2.19. The summed E-state index contributed by atoms with van der Waals surface area (Å²) in [6.07, 6.45) is 1.06. The second-order valence-electron chi connectivity index (χ2n) is 4.69. The summed E-state index contributed by atoms with van der Waals surface area (Å²) in [5.41, 5.74) is 0.364. The predicted molar refractivity (Wildman–Crippen MR) is 74.2 cm³/mol. The van der Waals surface area contributed by atoms with Crippen LogP contribution in [0, 0.1) is 0 Å². The second-order valence-corrected chi connectivity index (χ2v) is 6.25. The van der Waals surface area contributed by atoms with Crippen molar-refractivity contribution in [1.29, 1.82) is 0 Å². The van der Waals surface area contributed by atoms with Gasteiger partial charge in [0.05, 0.1) is 4.90 Å². The molecule has 1 saturated heterocycles. The van der Waals surface area contributed by atoms with Crippen molar-refractivity contribution < 1.29 is 23.1 Å². The molecule has 9 heteroatoms. The molecular formula is C12H15N3O5S. The Morgan fingerprint density at radius 2 is 1.90 bits per heavy atom. The number of hydrogen-bond donors (Lipinski definition) is 3. The Balaban J connectivity index is 2.08. The molecule has 8 nitrogen and oxygen atoms in total. The number of primary sulfonamides is 1. The zero-order valence-corrected chi connectivity index (χ0v) is 11.8. The molecule has 0 radical (unpaired) electrons. The van der Waals surface area contributed by atoms with E-state index in [2.05, 4.69) is 5.32 Å². The van der Waals surface area contributed by atoms with Crippen LogP contribution < -0.4 is 10.5 Å². The Bertz CT molecular complexity index is 656. The summed E-state index contributed by atoms with van der Waals surface area (Å²) < 4.78 is 22.2. The van der Waals surface area contributed by atoms with Crippen molar-refractivity contribution in [1.82, 2.24) is 4.90 Å². The minimum atomic E-state index is -3.78. The first kappa shape index (κ1) is 15.3. The van der Waals surface area contributed by atoms with E-state index in [4.69, 9.17) is 10.2 Å². The first-order chi connectivity index (χ1) is 9.79. The number of nitrogens with zero attached hydrogens (tertiary/aromatic N) is 1. The summed E-state index contributed by atoms with van der Waals surface area (Å²) in [7, 11) is -3.78. The number of amides is 2. The van der Waals surface area contributed by atoms with Gasteiger partial charge in [-0.15, -0.1) is 0 Å². The maximum absolute atomic E-state index is 12.0. The van der Waals surface area contributed by atoms with Gasteiger partial charge in [-0.05, 0) is 37.1 Å². The van der Waals surface area contributed by atoms with Gasteiger partial charge in [-0.1, -0.05) is 0 Å². The third kappa shape index (κ3) is 3.50. The molecule has 0 spiro atoms. The van der Waals surface area contributed by atoms with E-state index in [-0.39, 0.29) is 4.90 Å². The summed E-state index contributed by atoms with van der Waals surface area (Å²) in [4.78, 5) is 24.2. The van der Waals surface area contributed by atoms with E-state index in [0.29, 0.717) is 25.1 Å². The van der Waals surface area contributed by atoms with E-state index in [0.717, 1.165) is 0 Å². The highest BCUT2D eigenvalue weighted by molar-refractivity contribution is 7.89. The van der Waals surface area contributed by atoms with Crippen LogP contribution in [0.1, 0.15) is 12.8 Å². The summed E-state index contributed by atoms with van der Waals surface area (Å²) in [5.74, 6) is -1.03. The number of carboxylic acids is 1. The first-order valence-electron chi connectivity index (χ1n) is 6.22. The van der Waals surface area contributed by atoms with Crippen molar-refractivity contribution >= 4 is 27.7 Å².